The van der Waals surface area contributed by atoms with Crippen LogP contribution in [0.2, 0.25) is 5.02 Å². The Hall–Kier alpha value is -2.57. The van der Waals surface area contributed by atoms with Crippen LogP contribution in [0.15, 0.2) is 54.7 Å². The van der Waals surface area contributed by atoms with Gasteiger partial charge in [-0.05, 0) is 79.9 Å². The summed E-state index contributed by atoms with van der Waals surface area (Å²) >= 11 is 12.7. The number of anilines is 2. The number of hydrogen-bond donors (Lipinski definition) is 2. The Morgan fingerprint density at radius 2 is 1.85 bits per heavy atom. The lowest BCUT2D eigenvalue weighted by atomic mass is 9.91. The van der Waals surface area contributed by atoms with E-state index in [9.17, 15) is 0 Å². The van der Waals surface area contributed by atoms with Crippen LogP contribution in [0.5, 0.6) is 0 Å². The van der Waals surface area contributed by atoms with Crippen LogP contribution in [0, 0.1) is 18.8 Å². The Bertz CT molecular complexity index is 1140. The van der Waals surface area contributed by atoms with Gasteiger partial charge in [0.2, 0.25) is 0 Å². The summed E-state index contributed by atoms with van der Waals surface area (Å²) in [6.45, 7) is 8.79. The summed E-state index contributed by atoms with van der Waals surface area (Å²) in [5.41, 5.74) is 5.25. The molecule has 0 radical (unpaired) electrons. The monoisotopic (exact) mass is 479 g/mol. The number of rotatable bonds is 4. The second-order valence-electron chi connectivity index (χ2n) is 9.58. The smallest absolute Gasteiger partial charge is 0.174 e. The predicted octanol–water partition coefficient (Wildman–Crippen LogP) is 6.03. The van der Waals surface area contributed by atoms with Crippen molar-refractivity contribution in [3.05, 3.63) is 76.8 Å². The molecule has 5 rings (SSSR count). The van der Waals surface area contributed by atoms with E-state index in [1.165, 1.54) is 6.42 Å². The fourth-order valence-electron chi connectivity index (χ4n) is 5.41. The number of piperidine rings is 1. The molecule has 2 saturated heterocycles. The number of halogens is 1. The first-order valence-electron chi connectivity index (χ1n) is 11.6. The molecule has 0 amide bonds. The van der Waals surface area contributed by atoms with Crippen molar-refractivity contribution in [2.45, 2.75) is 39.3 Å². The van der Waals surface area contributed by atoms with Crippen molar-refractivity contribution in [1.29, 1.82) is 0 Å². The maximum atomic E-state index is 6.88. The minimum Gasteiger partial charge on any atom is -0.370 e. The van der Waals surface area contributed by atoms with E-state index in [0.717, 1.165) is 46.6 Å². The van der Waals surface area contributed by atoms with Gasteiger partial charge >= 0.3 is 0 Å². The number of nitrogens with zero attached hydrogens (tertiary/aromatic N) is 3. The van der Waals surface area contributed by atoms with E-state index in [-0.39, 0.29) is 12.1 Å². The molecule has 7 heteroatoms. The van der Waals surface area contributed by atoms with E-state index in [1.807, 2.05) is 24.4 Å². The molecular weight excluding hydrogens is 450 g/mol. The Morgan fingerprint density at radius 1 is 1.06 bits per heavy atom. The molecular formula is C26H30ClN5S. The number of benzene rings is 1. The van der Waals surface area contributed by atoms with Gasteiger partial charge < -0.3 is 20.1 Å². The van der Waals surface area contributed by atoms with Crippen LogP contribution < -0.4 is 15.1 Å². The van der Waals surface area contributed by atoms with Crippen molar-refractivity contribution >= 4 is 40.3 Å². The SMILES string of the molecule is Cc1ccc([C@@H]2[C@H](c3ccccn3)NC(=S)N2c2ccc(N3C[C@@H](C)C[C@H](C)C3)c(Cl)c2)[nH]1. The Kier molecular flexibility index (Phi) is 6.06. The molecule has 172 valence electrons. The lowest BCUT2D eigenvalue weighted by Crippen LogP contribution is -2.38. The van der Waals surface area contributed by atoms with E-state index in [2.05, 4.69) is 76.2 Å². The number of pyridine rings is 1. The zero-order valence-electron chi connectivity index (χ0n) is 19.3. The van der Waals surface area contributed by atoms with Crippen LogP contribution in [0.25, 0.3) is 0 Å². The van der Waals surface area contributed by atoms with Gasteiger partial charge in [-0.1, -0.05) is 31.5 Å². The van der Waals surface area contributed by atoms with E-state index in [0.29, 0.717) is 16.9 Å². The largest absolute Gasteiger partial charge is 0.370 e. The average Bonchev–Trinajstić information content (AvgIpc) is 3.36. The highest BCUT2D eigenvalue weighted by Crippen LogP contribution is 2.43. The summed E-state index contributed by atoms with van der Waals surface area (Å²) in [4.78, 5) is 12.7. The predicted molar refractivity (Wildman–Crippen MR) is 140 cm³/mol. The van der Waals surface area contributed by atoms with Gasteiger partial charge in [-0.15, -0.1) is 0 Å². The molecule has 2 aliphatic rings. The van der Waals surface area contributed by atoms with Crippen LogP contribution in [0.1, 0.15) is 49.4 Å². The number of aromatic nitrogens is 2. The maximum absolute atomic E-state index is 6.88. The molecule has 0 bridgehead atoms. The molecule has 2 aliphatic heterocycles. The molecule has 2 fully saturated rings. The molecule has 5 nitrogen and oxygen atoms in total. The minimum atomic E-state index is -0.0704. The van der Waals surface area contributed by atoms with Gasteiger partial charge in [0, 0.05) is 36.4 Å². The van der Waals surface area contributed by atoms with Crippen molar-refractivity contribution in [3.8, 4) is 0 Å². The lowest BCUT2D eigenvalue weighted by Gasteiger charge is -2.37. The summed E-state index contributed by atoms with van der Waals surface area (Å²) in [7, 11) is 0. The highest BCUT2D eigenvalue weighted by molar-refractivity contribution is 7.80. The van der Waals surface area contributed by atoms with Crippen molar-refractivity contribution < 1.29 is 0 Å². The molecule has 3 aromatic rings. The molecule has 33 heavy (non-hydrogen) atoms. The van der Waals surface area contributed by atoms with Crippen molar-refractivity contribution in [1.82, 2.24) is 15.3 Å². The number of nitrogens with one attached hydrogen (secondary N) is 2. The summed E-state index contributed by atoms with van der Waals surface area (Å²) in [6.07, 6.45) is 3.10. The molecule has 2 aromatic heterocycles. The zero-order valence-corrected chi connectivity index (χ0v) is 20.8. The molecule has 0 unspecified atom stereocenters. The van der Waals surface area contributed by atoms with Crippen LogP contribution in [0.4, 0.5) is 11.4 Å². The van der Waals surface area contributed by atoms with E-state index in [4.69, 9.17) is 23.8 Å². The topological polar surface area (TPSA) is 47.2 Å². The van der Waals surface area contributed by atoms with Gasteiger partial charge in [-0.3, -0.25) is 4.98 Å². The third kappa shape index (κ3) is 4.34. The highest BCUT2D eigenvalue weighted by atomic mass is 35.5. The highest BCUT2D eigenvalue weighted by Gasteiger charge is 2.41. The van der Waals surface area contributed by atoms with Crippen LogP contribution in [0.3, 0.4) is 0 Å². The average molecular weight is 480 g/mol. The third-order valence-corrected chi connectivity index (χ3v) is 7.31. The summed E-state index contributed by atoms with van der Waals surface area (Å²) < 4.78 is 0. The second-order valence-corrected chi connectivity index (χ2v) is 10.4. The molecule has 1 aromatic carbocycles. The van der Waals surface area contributed by atoms with E-state index < -0.39 is 0 Å². The number of thiocarbonyl (C=S) groups is 1. The summed E-state index contributed by atoms with van der Waals surface area (Å²) in [6, 6.07) is 16.4. The summed E-state index contributed by atoms with van der Waals surface area (Å²) in [5.74, 6) is 1.33. The van der Waals surface area contributed by atoms with Gasteiger partial charge in [-0.2, -0.15) is 0 Å². The molecule has 4 heterocycles. The molecule has 0 aliphatic carbocycles. The fourth-order valence-corrected chi connectivity index (χ4v) is 6.05. The Morgan fingerprint density at radius 3 is 2.48 bits per heavy atom. The molecule has 2 N–H and O–H groups in total. The number of H-pyrrole nitrogens is 1. The van der Waals surface area contributed by atoms with Crippen molar-refractivity contribution in [3.63, 3.8) is 0 Å². The van der Waals surface area contributed by atoms with Gasteiger partial charge in [-0.25, -0.2) is 0 Å². The zero-order chi connectivity index (χ0) is 23.1. The number of hydrogen-bond acceptors (Lipinski definition) is 3. The molecule has 4 atom stereocenters. The van der Waals surface area contributed by atoms with Gasteiger partial charge in [0.1, 0.15) is 6.04 Å². The molecule has 0 saturated carbocycles. The van der Waals surface area contributed by atoms with Crippen LogP contribution >= 0.6 is 23.8 Å². The quantitative estimate of drug-likeness (QED) is 0.447. The third-order valence-electron chi connectivity index (χ3n) is 6.69. The van der Waals surface area contributed by atoms with Gasteiger partial charge in [0.25, 0.3) is 0 Å². The lowest BCUT2D eigenvalue weighted by molar-refractivity contribution is 0.357. The first kappa shape index (κ1) is 22.2. The van der Waals surface area contributed by atoms with Crippen molar-refractivity contribution in [2.24, 2.45) is 11.8 Å². The minimum absolute atomic E-state index is 0.0574. The first-order chi connectivity index (χ1) is 15.9. The summed E-state index contributed by atoms with van der Waals surface area (Å²) in [5, 5.41) is 4.94. The number of aromatic amines is 1. The maximum Gasteiger partial charge on any atom is 0.174 e. The van der Waals surface area contributed by atoms with E-state index in [1.54, 1.807) is 0 Å². The molecule has 0 spiro atoms. The Labute approximate surface area is 206 Å². The van der Waals surface area contributed by atoms with Crippen LogP contribution in [-0.4, -0.2) is 28.2 Å². The van der Waals surface area contributed by atoms with Crippen molar-refractivity contribution in [2.75, 3.05) is 22.9 Å². The van der Waals surface area contributed by atoms with Gasteiger partial charge in [0.15, 0.2) is 5.11 Å². The Balaban J connectivity index is 1.51. The fraction of sp³-hybridized carbons (Fsp3) is 0.385. The van der Waals surface area contributed by atoms with Crippen LogP contribution in [-0.2, 0) is 0 Å². The second kappa shape index (κ2) is 8.99. The normalized spacial score (nSPS) is 25.4. The standard InChI is InChI=1S/C26H30ClN5S/c1-16-12-17(2)15-31(14-16)23-10-8-19(13-20(23)27)32-25(22-9-7-18(3)29-22)24(30-26(32)33)21-6-4-5-11-28-21/h4-11,13,16-17,24-25,29H,12,14-15H2,1-3H3,(H,30,33)/t16-,17-,24-,25+/m0/s1. The first-order valence-corrected chi connectivity index (χ1v) is 12.4. The van der Waals surface area contributed by atoms with E-state index >= 15 is 0 Å². The van der Waals surface area contributed by atoms with Gasteiger partial charge in [0.05, 0.1) is 22.4 Å². The number of aryl methyl sites for hydroxylation is 1.